The van der Waals surface area contributed by atoms with Gasteiger partial charge in [-0.05, 0) is 42.5 Å². The van der Waals surface area contributed by atoms with Gasteiger partial charge in [-0.15, -0.1) is 10.2 Å². The molecule has 0 aliphatic rings. The van der Waals surface area contributed by atoms with Crippen LogP contribution >= 0.6 is 35.0 Å². The number of aromatic nitrogens is 3. The first-order chi connectivity index (χ1) is 14.9. The second-order valence-electron chi connectivity index (χ2n) is 6.38. The van der Waals surface area contributed by atoms with E-state index in [1.54, 1.807) is 61.2 Å². The van der Waals surface area contributed by atoms with Crippen molar-refractivity contribution in [2.75, 3.05) is 23.5 Å². The van der Waals surface area contributed by atoms with Gasteiger partial charge in [0.2, 0.25) is 11.8 Å². The first-order valence-corrected chi connectivity index (χ1v) is 10.8. The fourth-order valence-corrected chi connectivity index (χ4v) is 3.58. The van der Waals surface area contributed by atoms with Gasteiger partial charge in [-0.25, -0.2) is 0 Å². The highest BCUT2D eigenvalue weighted by Crippen LogP contribution is 2.25. The van der Waals surface area contributed by atoms with Gasteiger partial charge in [-0.3, -0.25) is 9.59 Å². The summed E-state index contributed by atoms with van der Waals surface area (Å²) in [6.07, 6.45) is 0.0472. The Kier molecular flexibility index (Phi) is 7.78. The molecule has 3 aromatic rings. The van der Waals surface area contributed by atoms with Gasteiger partial charge in [0.1, 0.15) is 11.6 Å². The molecule has 2 aromatic carbocycles. The van der Waals surface area contributed by atoms with Gasteiger partial charge in [0, 0.05) is 18.4 Å². The zero-order valence-corrected chi connectivity index (χ0v) is 19.0. The molecule has 0 unspecified atom stereocenters. The molecule has 162 valence electrons. The molecule has 0 aliphatic carbocycles. The van der Waals surface area contributed by atoms with Crippen LogP contribution in [0.2, 0.25) is 10.0 Å². The fraction of sp³-hybridized carbons (Fsp3) is 0.200. The second-order valence-corrected chi connectivity index (χ2v) is 8.13. The van der Waals surface area contributed by atoms with Crippen LogP contribution in [0.3, 0.4) is 0 Å². The highest BCUT2D eigenvalue weighted by molar-refractivity contribution is 7.99. The summed E-state index contributed by atoms with van der Waals surface area (Å²) >= 11 is 13.0. The van der Waals surface area contributed by atoms with Crippen LogP contribution in [0.4, 0.5) is 11.4 Å². The molecule has 8 nitrogen and oxygen atoms in total. The quantitative estimate of drug-likeness (QED) is 0.473. The first kappa shape index (κ1) is 22.9. The van der Waals surface area contributed by atoms with Crippen molar-refractivity contribution in [3.8, 4) is 5.75 Å². The Balaban J connectivity index is 1.52. The Bertz CT molecular complexity index is 1090. The van der Waals surface area contributed by atoms with Gasteiger partial charge in [0.15, 0.2) is 5.16 Å². The number of nitrogens with one attached hydrogen (secondary N) is 2. The van der Waals surface area contributed by atoms with Crippen molar-refractivity contribution in [3.05, 3.63) is 58.3 Å². The lowest BCUT2D eigenvalue weighted by Crippen LogP contribution is -2.17. The normalized spacial score (nSPS) is 10.6. The maximum absolute atomic E-state index is 12.3. The van der Waals surface area contributed by atoms with Crippen LogP contribution in [-0.2, 0) is 23.1 Å². The number of hydrogen-bond donors (Lipinski definition) is 2. The number of hydrogen-bond acceptors (Lipinski definition) is 6. The molecule has 1 aromatic heterocycles. The molecule has 2 N–H and O–H groups in total. The molecule has 0 spiro atoms. The SMILES string of the molecule is COc1ccc(NC(=O)Cc2nnc(SCC(=O)Nc3ccc(Cl)c(Cl)c3)n2C)cc1. The average Bonchev–Trinajstić information content (AvgIpc) is 3.09. The van der Waals surface area contributed by atoms with E-state index in [2.05, 4.69) is 20.8 Å². The lowest BCUT2D eigenvalue weighted by Gasteiger charge is -2.07. The monoisotopic (exact) mass is 479 g/mol. The number of carbonyl (C=O) groups is 2. The third-order valence-electron chi connectivity index (χ3n) is 4.15. The molecule has 1 heterocycles. The third-order valence-corrected chi connectivity index (χ3v) is 5.91. The number of ether oxygens (including phenoxy) is 1. The van der Waals surface area contributed by atoms with Gasteiger partial charge in [0.05, 0.1) is 29.3 Å². The fourth-order valence-electron chi connectivity index (χ4n) is 2.55. The van der Waals surface area contributed by atoms with Gasteiger partial charge < -0.3 is 19.9 Å². The smallest absolute Gasteiger partial charge is 0.234 e. The number of anilines is 2. The van der Waals surface area contributed by atoms with Crippen LogP contribution in [0.15, 0.2) is 47.6 Å². The minimum absolute atomic E-state index is 0.0472. The summed E-state index contributed by atoms with van der Waals surface area (Å²) in [5.74, 6) is 0.846. The molecule has 0 bridgehead atoms. The molecule has 11 heteroatoms. The summed E-state index contributed by atoms with van der Waals surface area (Å²) in [6.45, 7) is 0. The number of rotatable bonds is 8. The Morgan fingerprint density at radius 1 is 1.00 bits per heavy atom. The molecular formula is C20H19Cl2N5O3S. The van der Waals surface area contributed by atoms with Crippen LogP contribution in [0.25, 0.3) is 0 Å². The van der Waals surface area contributed by atoms with Crippen LogP contribution < -0.4 is 15.4 Å². The summed E-state index contributed by atoms with van der Waals surface area (Å²) < 4.78 is 6.78. The summed E-state index contributed by atoms with van der Waals surface area (Å²) in [4.78, 5) is 24.5. The first-order valence-electron chi connectivity index (χ1n) is 9.05. The van der Waals surface area contributed by atoms with Crippen molar-refractivity contribution < 1.29 is 14.3 Å². The molecule has 0 atom stereocenters. The molecular weight excluding hydrogens is 461 g/mol. The van der Waals surface area contributed by atoms with Gasteiger partial charge in [0.25, 0.3) is 0 Å². The highest BCUT2D eigenvalue weighted by Gasteiger charge is 2.15. The lowest BCUT2D eigenvalue weighted by molar-refractivity contribution is -0.116. The van der Waals surface area contributed by atoms with Crippen molar-refractivity contribution in [2.24, 2.45) is 7.05 Å². The van der Waals surface area contributed by atoms with E-state index in [-0.39, 0.29) is 24.0 Å². The largest absolute Gasteiger partial charge is 0.497 e. The van der Waals surface area contributed by atoms with E-state index in [4.69, 9.17) is 27.9 Å². The number of amides is 2. The maximum atomic E-state index is 12.3. The average molecular weight is 480 g/mol. The van der Waals surface area contributed by atoms with E-state index in [9.17, 15) is 9.59 Å². The van der Waals surface area contributed by atoms with Crippen LogP contribution in [0.1, 0.15) is 5.82 Å². The summed E-state index contributed by atoms with van der Waals surface area (Å²) in [5.41, 5.74) is 1.20. The van der Waals surface area contributed by atoms with Crippen molar-refractivity contribution >= 4 is 58.2 Å². The van der Waals surface area contributed by atoms with E-state index < -0.39 is 0 Å². The number of nitrogens with zero attached hydrogens (tertiary/aromatic N) is 3. The molecule has 0 saturated heterocycles. The molecule has 3 rings (SSSR count). The van der Waals surface area contributed by atoms with E-state index in [0.29, 0.717) is 38.2 Å². The van der Waals surface area contributed by atoms with Crippen molar-refractivity contribution in [2.45, 2.75) is 11.6 Å². The minimum Gasteiger partial charge on any atom is -0.497 e. The van der Waals surface area contributed by atoms with E-state index in [1.165, 1.54) is 11.8 Å². The highest BCUT2D eigenvalue weighted by atomic mass is 35.5. The van der Waals surface area contributed by atoms with Crippen LogP contribution in [0.5, 0.6) is 5.75 Å². The summed E-state index contributed by atoms with van der Waals surface area (Å²) in [5, 5.41) is 15.0. The topological polar surface area (TPSA) is 98.1 Å². The van der Waals surface area contributed by atoms with Gasteiger partial charge in [-0.2, -0.15) is 0 Å². The predicted octanol–water partition coefficient (Wildman–Crippen LogP) is 4.04. The van der Waals surface area contributed by atoms with Crippen molar-refractivity contribution in [3.63, 3.8) is 0 Å². The molecule has 0 fully saturated rings. The zero-order chi connectivity index (χ0) is 22.4. The maximum Gasteiger partial charge on any atom is 0.234 e. The molecule has 0 aliphatic heterocycles. The Hall–Kier alpha value is -2.75. The van der Waals surface area contributed by atoms with Gasteiger partial charge in [-0.1, -0.05) is 35.0 Å². The standard InChI is InChI=1S/C20H19Cl2N5O3S/c1-27-17(10-18(28)23-12-3-6-14(30-2)7-4-12)25-26-20(27)31-11-19(29)24-13-5-8-15(21)16(22)9-13/h3-9H,10-11H2,1-2H3,(H,23,28)(H,24,29). The third kappa shape index (κ3) is 6.36. The molecule has 0 radical (unpaired) electrons. The lowest BCUT2D eigenvalue weighted by atomic mass is 10.3. The van der Waals surface area contributed by atoms with E-state index in [1.807, 2.05) is 0 Å². The van der Waals surface area contributed by atoms with Gasteiger partial charge >= 0.3 is 0 Å². The number of halogens is 2. The van der Waals surface area contributed by atoms with E-state index >= 15 is 0 Å². The van der Waals surface area contributed by atoms with Crippen molar-refractivity contribution in [1.82, 2.24) is 14.8 Å². The molecule has 2 amide bonds. The molecule has 0 saturated carbocycles. The Morgan fingerprint density at radius 2 is 1.68 bits per heavy atom. The second kappa shape index (κ2) is 10.5. The van der Waals surface area contributed by atoms with Crippen LogP contribution in [0, 0.1) is 0 Å². The summed E-state index contributed by atoms with van der Waals surface area (Å²) in [7, 11) is 3.32. The number of benzene rings is 2. The number of thioether (sulfide) groups is 1. The van der Waals surface area contributed by atoms with Crippen molar-refractivity contribution in [1.29, 1.82) is 0 Å². The number of carbonyl (C=O) groups excluding carboxylic acids is 2. The molecule has 31 heavy (non-hydrogen) atoms. The zero-order valence-electron chi connectivity index (χ0n) is 16.7. The Morgan fingerprint density at radius 3 is 2.35 bits per heavy atom. The summed E-state index contributed by atoms with van der Waals surface area (Å²) in [6, 6.07) is 11.9. The number of methoxy groups -OCH3 is 1. The minimum atomic E-state index is -0.231. The van der Waals surface area contributed by atoms with Crippen LogP contribution in [-0.4, -0.2) is 39.4 Å². The van der Waals surface area contributed by atoms with E-state index in [0.717, 1.165) is 0 Å². The predicted molar refractivity (Wildman–Crippen MR) is 122 cm³/mol. The Labute approximate surface area is 193 Å².